The molecule has 0 unspecified atom stereocenters. The van der Waals surface area contributed by atoms with Gasteiger partial charge in [-0.2, -0.15) is 5.10 Å². The minimum absolute atomic E-state index is 0.456. The van der Waals surface area contributed by atoms with E-state index in [4.69, 9.17) is 5.73 Å². The maximum absolute atomic E-state index is 5.94. The lowest BCUT2D eigenvalue weighted by molar-refractivity contribution is 0.768. The average molecular weight is 279 g/mol. The molecule has 0 aliphatic heterocycles. The summed E-state index contributed by atoms with van der Waals surface area (Å²) < 4.78 is 1.74. The largest absolute Gasteiger partial charge is 0.384 e. The van der Waals surface area contributed by atoms with Gasteiger partial charge in [-0.15, -0.1) is 0 Å². The standard InChI is InChI=1S/C16H17N5/c1-10-4-11(2)6-12(5-10)16-19-14(7-15(17)20-16)13-8-18-21(3)9-13/h4-9H,1-3H3,(H2,17,19,20). The number of anilines is 1. The fourth-order valence-corrected chi connectivity index (χ4v) is 2.40. The van der Waals surface area contributed by atoms with Crippen LogP contribution < -0.4 is 5.73 Å². The molecule has 0 aliphatic rings. The number of hydrogen-bond acceptors (Lipinski definition) is 4. The van der Waals surface area contributed by atoms with Crippen LogP contribution in [0.4, 0.5) is 5.82 Å². The van der Waals surface area contributed by atoms with Gasteiger partial charge in [-0.05, 0) is 26.0 Å². The van der Waals surface area contributed by atoms with Crippen molar-refractivity contribution in [2.75, 3.05) is 5.73 Å². The maximum atomic E-state index is 5.94. The van der Waals surface area contributed by atoms with E-state index in [0.29, 0.717) is 11.6 Å². The highest BCUT2D eigenvalue weighted by atomic mass is 15.2. The summed E-state index contributed by atoms with van der Waals surface area (Å²) in [6.45, 7) is 4.12. The Morgan fingerprint density at radius 2 is 1.67 bits per heavy atom. The Morgan fingerprint density at radius 3 is 2.29 bits per heavy atom. The van der Waals surface area contributed by atoms with Crippen molar-refractivity contribution >= 4 is 5.82 Å². The summed E-state index contributed by atoms with van der Waals surface area (Å²) in [6, 6.07) is 8.02. The van der Waals surface area contributed by atoms with Gasteiger partial charge in [0.25, 0.3) is 0 Å². The first-order chi connectivity index (χ1) is 10.0. The molecule has 2 heterocycles. The van der Waals surface area contributed by atoms with Crippen molar-refractivity contribution in [3.05, 3.63) is 47.8 Å². The molecule has 0 saturated heterocycles. The van der Waals surface area contributed by atoms with Gasteiger partial charge in [0.05, 0.1) is 11.9 Å². The molecule has 5 nitrogen and oxygen atoms in total. The van der Waals surface area contributed by atoms with E-state index >= 15 is 0 Å². The predicted molar refractivity (Wildman–Crippen MR) is 83.6 cm³/mol. The number of benzene rings is 1. The summed E-state index contributed by atoms with van der Waals surface area (Å²) >= 11 is 0. The minimum atomic E-state index is 0.456. The number of hydrogen-bond donors (Lipinski definition) is 1. The van der Waals surface area contributed by atoms with Gasteiger partial charge in [0.15, 0.2) is 5.82 Å². The number of nitrogens with two attached hydrogens (primary N) is 1. The van der Waals surface area contributed by atoms with Crippen molar-refractivity contribution in [2.24, 2.45) is 7.05 Å². The molecule has 0 saturated carbocycles. The molecule has 0 atom stereocenters. The summed E-state index contributed by atoms with van der Waals surface area (Å²) in [7, 11) is 1.87. The van der Waals surface area contributed by atoms with Gasteiger partial charge in [-0.3, -0.25) is 4.68 Å². The zero-order chi connectivity index (χ0) is 15.0. The molecule has 3 aromatic rings. The Morgan fingerprint density at radius 1 is 0.952 bits per heavy atom. The third-order valence-corrected chi connectivity index (χ3v) is 3.23. The van der Waals surface area contributed by atoms with E-state index in [9.17, 15) is 0 Å². The van der Waals surface area contributed by atoms with E-state index in [1.807, 2.05) is 13.2 Å². The number of aryl methyl sites for hydroxylation is 3. The molecule has 0 spiro atoms. The van der Waals surface area contributed by atoms with E-state index in [0.717, 1.165) is 16.8 Å². The fraction of sp³-hybridized carbons (Fsp3) is 0.188. The molecule has 3 rings (SSSR count). The molecular formula is C16H17N5. The quantitative estimate of drug-likeness (QED) is 0.783. The van der Waals surface area contributed by atoms with Gasteiger partial charge >= 0.3 is 0 Å². The summed E-state index contributed by atoms with van der Waals surface area (Å²) in [6.07, 6.45) is 3.68. The predicted octanol–water partition coefficient (Wildman–Crippen LogP) is 2.74. The first-order valence-corrected chi connectivity index (χ1v) is 6.73. The van der Waals surface area contributed by atoms with E-state index in [2.05, 4.69) is 47.1 Å². The van der Waals surface area contributed by atoms with E-state index in [1.165, 1.54) is 11.1 Å². The molecule has 0 bridgehead atoms. The molecule has 2 aromatic heterocycles. The van der Waals surface area contributed by atoms with Gasteiger partial charge < -0.3 is 5.73 Å². The van der Waals surface area contributed by atoms with Crippen molar-refractivity contribution in [3.63, 3.8) is 0 Å². The highest BCUT2D eigenvalue weighted by Crippen LogP contribution is 2.24. The van der Waals surface area contributed by atoms with E-state index in [1.54, 1.807) is 16.9 Å². The topological polar surface area (TPSA) is 69.6 Å². The Balaban J connectivity index is 2.13. The average Bonchev–Trinajstić information content (AvgIpc) is 2.83. The van der Waals surface area contributed by atoms with Crippen molar-refractivity contribution < 1.29 is 0 Å². The molecule has 0 fully saturated rings. The van der Waals surface area contributed by atoms with Crippen LogP contribution in [0.15, 0.2) is 36.7 Å². The van der Waals surface area contributed by atoms with Crippen LogP contribution >= 0.6 is 0 Å². The minimum Gasteiger partial charge on any atom is -0.384 e. The van der Waals surface area contributed by atoms with Gasteiger partial charge in [0.2, 0.25) is 0 Å². The third kappa shape index (κ3) is 2.76. The van der Waals surface area contributed by atoms with Crippen molar-refractivity contribution in [3.8, 4) is 22.6 Å². The van der Waals surface area contributed by atoms with Crippen molar-refractivity contribution in [1.29, 1.82) is 0 Å². The van der Waals surface area contributed by atoms with Gasteiger partial charge in [0.1, 0.15) is 5.82 Å². The summed E-state index contributed by atoms with van der Waals surface area (Å²) in [4.78, 5) is 8.98. The summed E-state index contributed by atoms with van der Waals surface area (Å²) in [5.41, 5.74) is 11.0. The van der Waals surface area contributed by atoms with Crippen LogP contribution in [0.5, 0.6) is 0 Å². The molecule has 0 amide bonds. The van der Waals surface area contributed by atoms with Crippen LogP contribution in [0.25, 0.3) is 22.6 Å². The first kappa shape index (κ1) is 13.3. The molecule has 0 aliphatic carbocycles. The lowest BCUT2D eigenvalue weighted by atomic mass is 10.1. The Kier molecular flexibility index (Phi) is 3.17. The molecule has 106 valence electrons. The number of aromatic nitrogens is 4. The Hall–Kier alpha value is -2.69. The lowest BCUT2D eigenvalue weighted by Gasteiger charge is -2.07. The zero-order valence-electron chi connectivity index (χ0n) is 12.3. The first-order valence-electron chi connectivity index (χ1n) is 6.73. The van der Waals surface area contributed by atoms with Crippen LogP contribution in [-0.2, 0) is 7.05 Å². The van der Waals surface area contributed by atoms with Crippen LogP contribution in [-0.4, -0.2) is 19.7 Å². The molecule has 1 aromatic carbocycles. The number of rotatable bonds is 2. The second-order valence-electron chi connectivity index (χ2n) is 5.28. The second-order valence-corrected chi connectivity index (χ2v) is 5.28. The van der Waals surface area contributed by atoms with Crippen LogP contribution in [0, 0.1) is 13.8 Å². The van der Waals surface area contributed by atoms with E-state index in [-0.39, 0.29) is 0 Å². The summed E-state index contributed by atoms with van der Waals surface area (Å²) in [5.74, 6) is 1.10. The lowest BCUT2D eigenvalue weighted by Crippen LogP contribution is -1.98. The third-order valence-electron chi connectivity index (χ3n) is 3.23. The Labute approximate surface area is 123 Å². The fourth-order valence-electron chi connectivity index (χ4n) is 2.40. The highest BCUT2D eigenvalue weighted by Gasteiger charge is 2.09. The number of nitrogens with zero attached hydrogens (tertiary/aromatic N) is 4. The van der Waals surface area contributed by atoms with Gasteiger partial charge in [-0.25, -0.2) is 9.97 Å². The smallest absolute Gasteiger partial charge is 0.162 e. The van der Waals surface area contributed by atoms with Gasteiger partial charge in [0, 0.05) is 30.4 Å². The van der Waals surface area contributed by atoms with Gasteiger partial charge in [-0.1, -0.05) is 17.2 Å². The Bertz CT molecular complexity index is 784. The molecular weight excluding hydrogens is 262 g/mol. The van der Waals surface area contributed by atoms with E-state index < -0.39 is 0 Å². The van der Waals surface area contributed by atoms with Crippen LogP contribution in [0.3, 0.4) is 0 Å². The normalized spacial score (nSPS) is 10.8. The number of nitrogen functional groups attached to an aromatic ring is 1. The monoisotopic (exact) mass is 279 g/mol. The molecule has 21 heavy (non-hydrogen) atoms. The summed E-state index contributed by atoms with van der Waals surface area (Å²) in [5, 5.41) is 4.17. The second kappa shape index (κ2) is 5.01. The van der Waals surface area contributed by atoms with Crippen LogP contribution in [0.1, 0.15) is 11.1 Å². The van der Waals surface area contributed by atoms with Crippen LogP contribution in [0.2, 0.25) is 0 Å². The van der Waals surface area contributed by atoms with Crippen molar-refractivity contribution in [2.45, 2.75) is 13.8 Å². The zero-order valence-corrected chi connectivity index (χ0v) is 12.3. The molecule has 0 radical (unpaired) electrons. The SMILES string of the molecule is Cc1cc(C)cc(-c2nc(N)cc(-c3cnn(C)c3)n2)c1. The molecule has 5 heteroatoms. The maximum Gasteiger partial charge on any atom is 0.162 e. The highest BCUT2D eigenvalue weighted by molar-refractivity contribution is 5.66. The molecule has 2 N–H and O–H groups in total. The van der Waals surface area contributed by atoms with Crippen molar-refractivity contribution in [1.82, 2.24) is 19.7 Å².